The number of likely N-dealkylation sites (tertiary alicyclic amines) is 1. The summed E-state index contributed by atoms with van der Waals surface area (Å²) in [5, 5.41) is 0. The molecule has 1 aromatic rings. The van der Waals surface area contributed by atoms with E-state index in [1.807, 2.05) is 17.0 Å². The van der Waals surface area contributed by atoms with Crippen molar-refractivity contribution in [3.63, 3.8) is 0 Å². The van der Waals surface area contributed by atoms with E-state index in [0.717, 1.165) is 38.8 Å². The summed E-state index contributed by atoms with van der Waals surface area (Å²) in [5.41, 5.74) is 1.09. The Hall–Kier alpha value is -2.37. The third kappa shape index (κ3) is 2.79. The molecule has 0 N–H and O–H groups in total. The van der Waals surface area contributed by atoms with Crippen LogP contribution in [-0.4, -0.2) is 59.7 Å². The molecule has 1 atom stereocenters. The second-order valence-corrected chi connectivity index (χ2v) is 7.04. The van der Waals surface area contributed by atoms with Crippen molar-refractivity contribution >= 4 is 23.4 Å². The van der Waals surface area contributed by atoms with E-state index < -0.39 is 6.04 Å². The molecule has 6 heteroatoms. The van der Waals surface area contributed by atoms with Gasteiger partial charge in [0.05, 0.1) is 11.3 Å². The molecule has 25 heavy (non-hydrogen) atoms. The zero-order chi connectivity index (χ0) is 17.4. The second-order valence-electron chi connectivity index (χ2n) is 7.04. The number of piperidine rings is 1. The summed E-state index contributed by atoms with van der Waals surface area (Å²) in [5.74, 6) is -0.248. The van der Waals surface area contributed by atoms with E-state index in [4.69, 9.17) is 0 Å². The van der Waals surface area contributed by atoms with Crippen LogP contribution < -0.4 is 4.90 Å². The van der Waals surface area contributed by atoms with Crippen LogP contribution in [0.15, 0.2) is 24.3 Å². The van der Waals surface area contributed by atoms with E-state index in [9.17, 15) is 14.4 Å². The average molecular weight is 341 g/mol. The normalized spacial score (nSPS) is 23.4. The zero-order valence-electron chi connectivity index (χ0n) is 14.3. The van der Waals surface area contributed by atoms with Crippen molar-refractivity contribution in [1.29, 1.82) is 0 Å². The quantitative estimate of drug-likeness (QED) is 0.822. The van der Waals surface area contributed by atoms with Crippen LogP contribution in [0, 0.1) is 0 Å². The smallest absolute Gasteiger partial charge is 0.256 e. The number of fused-ring (bicyclic) bond motifs is 2. The molecule has 1 unspecified atom stereocenters. The third-order valence-corrected chi connectivity index (χ3v) is 5.49. The summed E-state index contributed by atoms with van der Waals surface area (Å²) in [7, 11) is 0. The lowest BCUT2D eigenvalue weighted by Gasteiger charge is -2.31. The van der Waals surface area contributed by atoms with Crippen LogP contribution in [0.25, 0.3) is 0 Å². The van der Waals surface area contributed by atoms with Gasteiger partial charge in [-0.3, -0.25) is 14.4 Å². The minimum atomic E-state index is -0.436. The zero-order valence-corrected chi connectivity index (χ0v) is 14.3. The lowest BCUT2D eigenvalue weighted by molar-refractivity contribution is -0.132. The van der Waals surface area contributed by atoms with Gasteiger partial charge in [0, 0.05) is 19.6 Å². The Labute approximate surface area is 147 Å². The van der Waals surface area contributed by atoms with E-state index in [2.05, 4.69) is 0 Å². The van der Waals surface area contributed by atoms with Gasteiger partial charge < -0.3 is 14.7 Å². The van der Waals surface area contributed by atoms with Crippen molar-refractivity contribution < 1.29 is 14.4 Å². The fraction of sp³-hybridized carbons (Fsp3) is 0.526. The number of benzene rings is 1. The number of nitrogens with zero attached hydrogens (tertiary/aromatic N) is 3. The van der Waals surface area contributed by atoms with E-state index in [-0.39, 0.29) is 24.3 Å². The van der Waals surface area contributed by atoms with Crippen molar-refractivity contribution in [3.05, 3.63) is 29.8 Å². The third-order valence-electron chi connectivity index (χ3n) is 5.49. The Morgan fingerprint density at radius 2 is 1.76 bits per heavy atom. The fourth-order valence-electron chi connectivity index (χ4n) is 4.15. The van der Waals surface area contributed by atoms with Gasteiger partial charge in [-0.25, -0.2) is 0 Å². The predicted octanol–water partition coefficient (Wildman–Crippen LogP) is 1.65. The Morgan fingerprint density at radius 1 is 1.00 bits per heavy atom. The number of carbonyl (C=O) groups excluding carboxylic acids is 3. The minimum Gasteiger partial charge on any atom is -0.341 e. The molecule has 1 aromatic carbocycles. The molecule has 0 radical (unpaired) electrons. The van der Waals surface area contributed by atoms with Gasteiger partial charge in [-0.15, -0.1) is 0 Å². The molecule has 0 aromatic heterocycles. The molecule has 132 valence electrons. The molecule has 0 spiro atoms. The van der Waals surface area contributed by atoms with Crippen molar-refractivity contribution in [3.8, 4) is 0 Å². The van der Waals surface area contributed by atoms with Crippen LogP contribution >= 0.6 is 0 Å². The maximum Gasteiger partial charge on any atom is 0.256 e. The van der Waals surface area contributed by atoms with Crippen LogP contribution in [0.2, 0.25) is 0 Å². The van der Waals surface area contributed by atoms with Gasteiger partial charge in [0.2, 0.25) is 11.8 Å². The number of para-hydroxylation sites is 1. The summed E-state index contributed by atoms with van der Waals surface area (Å²) in [6, 6.07) is 6.71. The highest BCUT2D eigenvalue weighted by atomic mass is 16.2. The Morgan fingerprint density at radius 3 is 2.56 bits per heavy atom. The summed E-state index contributed by atoms with van der Waals surface area (Å²) in [6.07, 6.45) is 4.70. The number of anilines is 1. The van der Waals surface area contributed by atoms with Gasteiger partial charge in [0.15, 0.2) is 0 Å². The molecule has 2 fully saturated rings. The molecular weight excluding hydrogens is 318 g/mol. The number of hydrogen-bond donors (Lipinski definition) is 0. The number of carbonyl (C=O) groups is 3. The predicted molar refractivity (Wildman–Crippen MR) is 93.3 cm³/mol. The highest BCUT2D eigenvalue weighted by molar-refractivity contribution is 6.12. The lowest BCUT2D eigenvalue weighted by atomic mass is 10.1. The molecular formula is C19H23N3O3. The molecule has 0 aliphatic carbocycles. The Kier molecular flexibility index (Phi) is 4.19. The molecule has 6 nitrogen and oxygen atoms in total. The second kappa shape index (κ2) is 6.50. The largest absolute Gasteiger partial charge is 0.341 e. The van der Waals surface area contributed by atoms with Crippen LogP contribution in [0.4, 0.5) is 5.69 Å². The monoisotopic (exact) mass is 341 g/mol. The van der Waals surface area contributed by atoms with Gasteiger partial charge in [0.25, 0.3) is 5.91 Å². The average Bonchev–Trinajstić information content (AvgIpc) is 3.13. The molecule has 2 saturated heterocycles. The van der Waals surface area contributed by atoms with Gasteiger partial charge in [-0.2, -0.15) is 0 Å². The van der Waals surface area contributed by atoms with Crippen LogP contribution in [0.1, 0.15) is 42.5 Å². The van der Waals surface area contributed by atoms with Gasteiger partial charge in [0.1, 0.15) is 12.6 Å². The van der Waals surface area contributed by atoms with E-state index in [1.165, 1.54) is 0 Å². The summed E-state index contributed by atoms with van der Waals surface area (Å²) in [6.45, 7) is 2.15. The fourth-order valence-corrected chi connectivity index (χ4v) is 4.15. The first-order valence-corrected chi connectivity index (χ1v) is 9.16. The number of hydrogen-bond acceptors (Lipinski definition) is 3. The van der Waals surface area contributed by atoms with Crippen LogP contribution in [-0.2, 0) is 9.59 Å². The molecule has 3 aliphatic rings. The van der Waals surface area contributed by atoms with Crippen molar-refractivity contribution in [2.45, 2.75) is 38.1 Å². The highest BCUT2D eigenvalue weighted by Crippen LogP contribution is 2.32. The van der Waals surface area contributed by atoms with Crippen molar-refractivity contribution in [1.82, 2.24) is 9.80 Å². The standard InChI is InChI=1S/C19H23N3O3/c23-17(20-10-4-1-5-11-20)13-22-15-8-3-2-7-14(15)18(24)21-12-6-9-16(21)19(22)25/h2-3,7-8,16H,1,4-6,9-13H2. The summed E-state index contributed by atoms with van der Waals surface area (Å²) >= 11 is 0. The maximum absolute atomic E-state index is 13.1. The van der Waals surface area contributed by atoms with Crippen LogP contribution in [0.5, 0.6) is 0 Å². The maximum atomic E-state index is 13.1. The molecule has 3 aliphatic heterocycles. The van der Waals surface area contributed by atoms with Crippen molar-refractivity contribution in [2.75, 3.05) is 31.1 Å². The Balaban J connectivity index is 1.67. The summed E-state index contributed by atoms with van der Waals surface area (Å²) < 4.78 is 0. The highest BCUT2D eigenvalue weighted by Gasteiger charge is 2.42. The van der Waals surface area contributed by atoms with Crippen LogP contribution in [0.3, 0.4) is 0 Å². The van der Waals surface area contributed by atoms with E-state index in [0.29, 0.717) is 24.2 Å². The first kappa shape index (κ1) is 16.1. The molecule has 0 saturated carbocycles. The topological polar surface area (TPSA) is 60.9 Å². The van der Waals surface area contributed by atoms with E-state index in [1.54, 1.807) is 21.9 Å². The molecule has 3 heterocycles. The minimum absolute atomic E-state index is 0.0213. The SMILES string of the molecule is O=C(CN1C(=O)C2CCCN2C(=O)c2ccccc21)N1CCCCC1. The van der Waals surface area contributed by atoms with Gasteiger partial charge >= 0.3 is 0 Å². The Bertz CT molecular complexity index is 712. The van der Waals surface area contributed by atoms with Gasteiger partial charge in [-0.05, 0) is 44.2 Å². The molecule has 0 bridgehead atoms. The first-order chi connectivity index (χ1) is 12.2. The van der Waals surface area contributed by atoms with Gasteiger partial charge in [-0.1, -0.05) is 12.1 Å². The summed E-state index contributed by atoms with van der Waals surface area (Å²) in [4.78, 5) is 43.8. The number of amides is 3. The van der Waals surface area contributed by atoms with Crippen molar-refractivity contribution in [2.24, 2.45) is 0 Å². The molecule has 4 rings (SSSR count). The number of rotatable bonds is 2. The van der Waals surface area contributed by atoms with E-state index >= 15 is 0 Å². The lowest BCUT2D eigenvalue weighted by Crippen LogP contribution is -2.49. The first-order valence-electron chi connectivity index (χ1n) is 9.16. The molecule has 3 amide bonds.